The molecule has 2 rings (SSSR count). The Hall–Kier alpha value is -1.51. The lowest BCUT2D eigenvalue weighted by Crippen LogP contribution is -2.49. The van der Waals surface area contributed by atoms with Gasteiger partial charge in [0.05, 0.1) is 0 Å². The highest BCUT2D eigenvalue weighted by molar-refractivity contribution is 7.87. The van der Waals surface area contributed by atoms with Crippen LogP contribution in [-0.4, -0.2) is 61.7 Å². The molecule has 8 heteroatoms. The highest BCUT2D eigenvalue weighted by Crippen LogP contribution is 2.14. The lowest BCUT2D eigenvalue weighted by molar-refractivity contribution is 0.0711. The predicted molar refractivity (Wildman–Crippen MR) is 78.9 cm³/mol. The summed E-state index contributed by atoms with van der Waals surface area (Å²) in [5.74, 6) is -0.0358. The fourth-order valence-corrected chi connectivity index (χ4v) is 3.06. The molecule has 7 nitrogen and oxygen atoms in total. The van der Waals surface area contributed by atoms with Gasteiger partial charge in [0.1, 0.15) is 0 Å². The summed E-state index contributed by atoms with van der Waals surface area (Å²) in [6, 6.07) is 3.24. The monoisotopic (exact) mass is 312 g/mol. The second kappa shape index (κ2) is 6.50. The maximum atomic E-state index is 12.3. The number of pyridine rings is 1. The topological polar surface area (TPSA) is 82.6 Å². The van der Waals surface area contributed by atoms with Crippen molar-refractivity contribution in [3.05, 3.63) is 30.1 Å². The van der Waals surface area contributed by atoms with E-state index >= 15 is 0 Å². The Bertz CT molecular complexity index is 581. The van der Waals surface area contributed by atoms with Crippen LogP contribution in [0, 0.1) is 0 Å². The molecule has 0 unspecified atom stereocenters. The Balaban J connectivity index is 1.91. The van der Waals surface area contributed by atoms with Gasteiger partial charge in [-0.15, -0.1) is 0 Å². The lowest BCUT2D eigenvalue weighted by Gasteiger charge is -2.32. The number of piperidine rings is 1. The predicted octanol–water partition coefficient (Wildman–Crippen LogP) is 0.0822. The zero-order chi connectivity index (χ0) is 15.5. The van der Waals surface area contributed by atoms with Gasteiger partial charge in [0.15, 0.2) is 0 Å². The van der Waals surface area contributed by atoms with Gasteiger partial charge in [0.25, 0.3) is 16.1 Å². The normalized spacial score (nSPS) is 17.2. The highest BCUT2D eigenvalue weighted by atomic mass is 32.2. The molecule has 0 aliphatic carbocycles. The molecule has 0 aromatic carbocycles. The minimum atomic E-state index is -3.42. The molecular formula is C13H20N4O3S. The standard InChI is InChI=1S/C13H20N4O3S/c1-16(2)21(19,20)15-12-5-9-17(10-6-12)13(18)11-3-7-14-8-4-11/h3-4,7-8,12,15H,5-6,9-10H2,1-2H3. The minimum absolute atomic E-state index is 0.0358. The van der Waals surface area contributed by atoms with Crippen LogP contribution < -0.4 is 4.72 Å². The highest BCUT2D eigenvalue weighted by Gasteiger charge is 2.27. The first-order valence-corrected chi connectivity index (χ1v) is 8.23. The average molecular weight is 312 g/mol. The van der Waals surface area contributed by atoms with Gasteiger partial charge in [-0.2, -0.15) is 17.4 Å². The summed E-state index contributed by atoms with van der Waals surface area (Å²) in [5.41, 5.74) is 0.609. The molecule has 0 radical (unpaired) electrons. The molecule has 1 fully saturated rings. The number of carbonyl (C=O) groups is 1. The smallest absolute Gasteiger partial charge is 0.279 e. The van der Waals surface area contributed by atoms with Crippen molar-refractivity contribution in [3.63, 3.8) is 0 Å². The van der Waals surface area contributed by atoms with Crippen LogP contribution in [0.3, 0.4) is 0 Å². The molecule has 1 aromatic heterocycles. The molecule has 21 heavy (non-hydrogen) atoms. The van der Waals surface area contributed by atoms with E-state index in [4.69, 9.17) is 0 Å². The van der Waals surface area contributed by atoms with Crippen LogP contribution in [0.5, 0.6) is 0 Å². The van der Waals surface area contributed by atoms with Crippen LogP contribution in [0.25, 0.3) is 0 Å². The van der Waals surface area contributed by atoms with Gasteiger partial charge in [0, 0.05) is 51.2 Å². The number of nitrogens with one attached hydrogen (secondary N) is 1. The molecule has 1 N–H and O–H groups in total. The molecule has 0 saturated carbocycles. The van der Waals surface area contributed by atoms with Crippen molar-refractivity contribution in [1.29, 1.82) is 0 Å². The van der Waals surface area contributed by atoms with Gasteiger partial charge in [-0.25, -0.2) is 0 Å². The second-order valence-electron chi connectivity index (χ2n) is 5.21. The zero-order valence-electron chi connectivity index (χ0n) is 12.2. The van der Waals surface area contributed by atoms with Gasteiger partial charge >= 0.3 is 0 Å². The van der Waals surface area contributed by atoms with E-state index in [0.717, 1.165) is 4.31 Å². The van der Waals surface area contributed by atoms with E-state index in [1.807, 2.05) is 0 Å². The molecule has 2 heterocycles. The van der Waals surface area contributed by atoms with E-state index in [-0.39, 0.29) is 11.9 Å². The van der Waals surface area contributed by atoms with E-state index in [0.29, 0.717) is 31.5 Å². The van der Waals surface area contributed by atoms with Crippen molar-refractivity contribution in [2.24, 2.45) is 0 Å². The van der Waals surface area contributed by atoms with Crippen molar-refractivity contribution in [2.45, 2.75) is 18.9 Å². The summed E-state index contributed by atoms with van der Waals surface area (Å²) < 4.78 is 27.3. The molecule has 0 atom stereocenters. The average Bonchev–Trinajstić information content (AvgIpc) is 2.48. The van der Waals surface area contributed by atoms with Crippen molar-refractivity contribution in [2.75, 3.05) is 27.2 Å². The third-order valence-corrected chi connectivity index (χ3v) is 5.10. The number of aromatic nitrogens is 1. The Kier molecular flexibility index (Phi) is 4.92. The first kappa shape index (κ1) is 15.9. The first-order chi connectivity index (χ1) is 9.90. The lowest BCUT2D eigenvalue weighted by atomic mass is 10.1. The molecular weight excluding hydrogens is 292 g/mol. The quantitative estimate of drug-likeness (QED) is 0.854. The van der Waals surface area contributed by atoms with E-state index in [1.54, 1.807) is 29.4 Å². The number of likely N-dealkylation sites (tertiary alicyclic amines) is 1. The summed E-state index contributed by atoms with van der Waals surface area (Å²) in [7, 11) is -0.435. The second-order valence-corrected chi connectivity index (χ2v) is 7.12. The number of amides is 1. The van der Waals surface area contributed by atoms with E-state index in [9.17, 15) is 13.2 Å². The van der Waals surface area contributed by atoms with E-state index in [1.165, 1.54) is 14.1 Å². The fourth-order valence-electron chi connectivity index (χ4n) is 2.19. The summed E-state index contributed by atoms with van der Waals surface area (Å²) in [5, 5.41) is 0. The van der Waals surface area contributed by atoms with Crippen LogP contribution in [0.15, 0.2) is 24.5 Å². The van der Waals surface area contributed by atoms with Crippen LogP contribution in [0.2, 0.25) is 0 Å². The Labute approximate surface area is 125 Å². The largest absolute Gasteiger partial charge is 0.339 e. The first-order valence-electron chi connectivity index (χ1n) is 6.79. The molecule has 1 aliphatic rings. The van der Waals surface area contributed by atoms with Crippen molar-refractivity contribution < 1.29 is 13.2 Å². The number of hydrogen-bond acceptors (Lipinski definition) is 4. The van der Waals surface area contributed by atoms with Crippen molar-refractivity contribution >= 4 is 16.1 Å². The summed E-state index contributed by atoms with van der Waals surface area (Å²) in [6.07, 6.45) is 4.41. The maximum Gasteiger partial charge on any atom is 0.279 e. The molecule has 1 aromatic rings. The summed E-state index contributed by atoms with van der Waals surface area (Å²) in [4.78, 5) is 17.9. The third-order valence-electron chi connectivity index (χ3n) is 3.51. The molecule has 116 valence electrons. The Morgan fingerprint density at radius 2 is 1.86 bits per heavy atom. The third kappa shape index (κ3) is 3.99. The van der Waals surface area contributed by atoms with Gasteiger partial charge in [0.2, 0.25) is 0 Å². The van der Waals surface area contributed by atoms with Crippen LogP contribution >= 0.6 is 0 Å². The minimum Gasteiger partial charge on any atom is -0.339 e. The van der Waals surface area contributed by atoms with Gasteiger partial charge in [-0.3, -0.25) is 9.78 Å². The number of nitrogens with zero attached hydrogens (tertiary/aromatic N) is 3. The van der Waals surface area contributed by atoms with Crippen molar-refractivity contribution in [3.8, 4) is 0 Å². The molecule has 1 amide bonds. The van der Waals surface area contributed by atoms with Crippen molar-refractivity contribution in [1.82, 2.24) is 18.9 Å². The summed E-state index contributed by atoms with van der Waals surface area (Å²) in [6.45, 7) is 1.09. The molecule has 0 spiro atoms. The molecule has 1 aliphatic heterocycles. The van der Waals surface area contributed by atoms with E-state index in [2.05, 4.69) is 9.71 Å². The van der Waals surface area contributed by atoms with Gasteiger partial charge in [-0.1, -0.05) is 0 Å². The maximum absolute atomic E-state index is 12.3. The fraction of sp³-hybridized carbons (Fsp3) is 0.538. The Morgan fingerprint density at radius 3 is 2.38 bits per heavy atom. The SMILES string of the molecule is CN(C)S(=O)(=O)NC1CCN(C(=O)c2ccncc2)CC1. The number of hydrogen-bond donors (Lipinski definition) is 1. The number of carbonyl (C=O) groups excluding carboxylic acids is 1. The van der Waals surface area contributed by atoms with E-state index < -0.39 is 10.2 Å². The summed E-state index contributed by atoms with van der Waals surface area (Å²) >= 11 is 0. The van der Waals surface area contributed by atoms with Crippen LogP contribution in [0.1, 0.15) is 23.2 Å². The molecule has 1 saturated heterocycles. The van der Waals surface area contributed by atoms with Crippen LogP contribution in [0.4, 0.5) is 0 Å². The zero-order valence-corrected chi connectivity index (χ0v) is 13.0. The molecule has 0 bridgehead atoms. The Morgan fingerprint density at radius 1 is 1.29 bits per heavy atom. The van der Waals surface area contributed by atoms with Gasteiger partial charge < -0.3 is 4.90 Å². The van der Waals surface area contributed by atoms with Crippen LogP contribution in [-0.2, 0) is 10.2 Å². The number of rotatable bonds is 4. The van der Waals surface area contributed by atoms with Gasteiger partial charge in [-0.05, 0) is 25.0 Å².